The minimum atomic E-state index is -0.435. The van der Waals surface area contributed by atoms with Gasteiger partial charge < -0.3 is 4.74 Å². The number of carbonyl (C=O) groups is 2. The summed E-state index contributed by atoms with van der Waals surface area (Å²) in [5.41, 5.74) is 1.48. The molecule has 0 bridgehead atoms. The number of carbonyl (C=O) groups excluding carboxylic acids is 2. The van der Waals surface area contributed by atoms with Crippen LogP contribution in [0, 0.1) is 0 Å². The van der Waals surface area contributed by atoms with E-state index in [1.165, 1.54) is 44.8 Å². The predicted molar refractivity (Wildman–Crippen MR) is 62.0 cm³/mol. The summed E-state index contributed by atoms with van der Waals surface area (Å²) in [5.74, 6) is -0.463. The SMILES string of the molecule is COC(=O)CC(=O)CCC=C1CCCCC1. The van der Waals surface area contributed by atoms with Crippen LogP contribution in [-0.2, 0) is 14.3 Å². The Morgan fingerprint density at radius 1 is 1.25 bits per heavy atom. The second-order valence-corrected chi connectivity index (χ2v) is 4.25. The van der Waals surface area contributed by atoms with Crippen LogP contribution in [0.2, 0.25) is 0 Å². The lowest BCUT2D eigenvalue weighted by atomic mass is 9.94. The molecule has 0 aromatic carbocycles. The Hall–Kier alpha value is -1.12. The molecule has 1 aliphatic rings. The fourth-order valence-electron chi connectivity index (χ4n) is 1.97. The number of hydrogen-bond donors (Lipinski definition) is 0. The number of esters is 1. The standard InChI is InChI=1S/C13H20O3/c1-16-13(15)10-12(14)9-5-8-11-6-3-2-4-7-11/h8H,2-7,9-10H2,1H3. The molecule has 0 saturated heterocycles. The van der Waals surface area contributed by atoms with Crippen LogP contribution >= 0.6 is 0 Å². The molecule has 3 nitrogen and oxygen atoms in total. The van der Waals surface area contributed by atoms with Crippen molar-refractivity contribution in [2.45, 2.75) is 51.4 Å². The average Bonchev–Trinajstić information content (AvgIpc) is 2.30. The Bertz CT molecular complexity index is 271. The summed E-state index contributed by atoms with van der Waals surface area (Å²) in [6.45, 7) is 0. The first-order valence-electron chi connectivity index (χ1n) is 5.99. The number of Topliss-reactive ketones (excluding diaryl/α,β-unsaturated/α-hetero) is 1. The minimum absolute atomic E-state index is 0.0282. The highest BCUT2D eigenvalue weighted by Gasteiger charge is 2.09. The van der Waals surface area contributed by atoms with E-state index in [0.717, 1.165) is 6.42 Å². The quantitative estimate of drug-likeness (QED) is 0.410. The van der Waals surface area contributed by atoms with Gasteiger partial charge in [-0.3, -0.25) is 9.59 Å². The van der Waals surface area contributed by atoms with Crippen molar-refractivity contribution in [3.63, 3.8) is 0 Å². The van der Waals surface area contributed by atoms with Crippen LogP contribution < -0.4 is 0 Å². The highest BCUT2D eigenvalue weighted by atomic mass is 16.5. The molecule has 0 aromatic heterocycles. The Morgan fingerprint density at radius 3 is 2.56 bits per heavy atom. The normalized spacial score (nSPS) is 15.7. The van der Waals surface area contributed by atoms with Gasteiger partial charge in [-0.25, -0.2) is 0 Å². The molecule has 1 fully saturated rings. The molecule has 0 unspecified atom stereocenters. The molecule has 0 radical (unpaired) electrons. The lowest BCUT2D eigenvalue weighted by Crippen LogP contribution is -2.08. The van der Waals surface area contributed by atoms with Crippen LogP contribution in [0.15, 0.2) is 11.6 Å². The molecular formula is C13H20O3. The number of ketones is 1. The predicted octanol–water partition coefficient (Wildman–Crippen LogP) is 2.79. The third-order valence-corrected chi connectivity index (χ3v) is 2.92. The Balaban J connectivity index is 2.18. The zero-order valence-corrected chi connectivity index (χ0v) is 9.96. The summed E-state index contributed by atoms with van der Waals surface area (Å²) >= 11 is 0. The van der Waals surface area contributed by atoms with E-state index >= 15 is 0 Å². The largest absolute Gasteiger partial charge is 0.469 e. The van der Waals surface area contributed by atoms with E-state index in [4.69, 9.17) is 0 Å². The Kier molecular flexibility index (Phi) is 5.83. The first-order valence-corrected chi connectivity index (χ1v) is 5.99. The van der Waals surface area contributed by atoms with Gasteiger partial charge in [-0.1, -0.05) is 18.1 Å². The minimum Gasteiger partial charge on any atom is -0.469 e. The molecule has 1 aliphatic carbocycles. The maximum atomic E-state index is 11.3. The third kappa shape index (κ3) is 5.10. The second kappa shape index (κ2) is 7.20. The molecule has 0 aromatic rings. The van der Waals surface area contributed by atoms with E-state index in [9.17, 15) is 9.59 Å². The molecule has 0 amide bonds. The summed E-state index contributed by atoms with van der Waals surface area (Å²) in [6.07, 6.45) is 9.58. The van der Waals surface area contributed by atoms with Gasteiger partial charge in [-0.05, 0) is 32.1 Å². The highest BCUT2D eigenvalue weighted by molar-refractivity contribution is 5.95. The van der Waals surface area contributed by atoms with E-state index in [-0.39, 0.29) is 12.2 Å². The van der Waals surface area contributed by atoms with Crippen LogP contribution in [0.3, 0.4) is 0 Å². The van der Waals surface area contributed by atoms with Crippen molar-refractivity contribution in [2.24, 2.45) is 0 Å². The summed E-state index contributed by atoms with van der Waals surface area (Å²) in [4.78, 5) is 22.2. The molecule has 3 heteroatoms. The number of allylic oxidation sites excluding steroid dienone is 2. The van der Waals surface area contributed by atoms with Crippen molar-refractivity contribution < 1.29 is 14.3 Å². The Labute approximate surface area is 96.9 Å². The van der Waals surface area contributed by atoms with Gasteiger partial charge in [-0.15, -0.1) is 0 Å². The first kappa shape index (κ1) is 12.9. The summed E-state index contributed by atoms with van der Waals surface area (Å²) < 4.78 is 4.44. The van der Waals surface area contributed by atoms with E-state index in [1.807, 2.05) is 0 Å². The van der Waals surface area contributed by atoms with Crippen LogP contribution in [0.25, 0.3) is 0 Å². The van der Waals surface area contributed by atoms with Gasteiger partial charge in [-0.2, -0.15) is 0 Å². The van der Waals surface area contributed by atoms with Gasteiger partial charge in [0.15, 0.2) is 0 Å². The van der Waals surface area contributed by atoms with Crippen LogP contribution in [0.5, 0.6) is 0 Å². The molecule has 0 N–H and O–H groups in total. The zero-order valence-electron chi connectivity index (χ0n) is 9.96. The molecule has 0 atom stereocenters. The van der Waals surface area contributed by atoms with Gasteiger partial charge in [0.25, 0.3) is 0 Å². The van der Waals surface area contributed by atoms with E-state index in [0.29, 0.717) is 6.42 Å². The van der Waals surface area contributed by atoms with Crippen molar-refractivity contribution in [1.29, 1.82) is 0 Å². The van der Waals surface area contributed by atoms with E-state index in [2.05, 4.69) is 10.8 Å². The fraction of sp³-hybridized carbons (Fsp3) is 0.692. The molecule has 90 valence electrons. The van der Waals surface area contributed by atoms with Crippen molar-refractivity contribution in [3.8, 4) is 0 Å². The van der Waals surface area contributed by atoms with Crippen molar-refractivity contribution in [2.75, 3.05) is 7.11 Å². The number of ether oxygens (including phenoxy) is 1. The monoisotopic (exact) mass is 224 g/mol. The van der Waals surface area contributed by atoms with Gasteiger partial charge >= 0.3 is 5.97 Å². The van der Waals surface area contributed by atoms with Crippen molar-refractivity contribution >= 4 is 11.8 Å². The molecule has 0 aliphatic heterocycles. The van der Waals surface area contributed by atoms with Crippen LogP contribution in [-0.4, -0.2) is 18.9 Å². The zero-order chi connectivity index (χ0) is 11.8. The van der Waals surface area contributed by atoms with Gasteiger partial charge in [0.1, 0.15) is 12.2 Å². The molecular weight excluding hydrogens is 204 g/mol. The average molecular weight is 224 g/mol. The first-order chi connectivity index (χ1) is 7.72. The molecule has 0 spiro atoms. The number of rotatable bonds is 5. The molecule has 1 rings (SSSR count). The van der Waals surface area contributed by atoms with Crippen LogP contribution in [0.4, 0.5) is 0 Å². The summed E-state index contributed by atoms with van der Waals surface area (Å²) in [7, 11) is 1.31. The maximum absolute atomic E-state index is 11.3. The van der Waals surface area contributed by atoms with Crippen LogP contribution in [0.1, 0.15) is 51.4 Å². The van der Waals surface area contributed by atoms with Gasteiger partial charge in [0.05, 0.1) is 7.11 Å². The Morgan fingerprint density at radius 2 is 1.94 bits per heavy atom. The highest BCUT2D eigenvalue weighted by Crippen LogP contribution is 2.23. The van der Waals surface area contributed by atoms with E-state index in [1.54, 1.807) is 0 Å². The van der Waals surface area contributed by atoms with Crippen molar-refractivity contribution in [3.05, 3.63) is 11.6 Å². The van der Waals surface area contributed by atoms with Gasteiger partial charge in [0.2, 0.25) is 0 Å². The van der Waals surface area contributed by atoms with E-state index < -0.39 is 5.97 Å². The molecule has 1 saturated carbocycles. The number of hydrogen-bond acceptors (Lipinski definition) is 3. The lowest BCUT2D eigenvalue weighted by Gasteiger charge is -2.13. The van der Waals surface area contributed by atoms with Crippen molar-refractivity contribution in [1.82, 2.24) is 0 Å². The molecule has 0 heterocycles. The summed E-state index contributed by atoms with van der Waals surface area (Å²) in [5, 5.41) is 0. The topological polar surface area (TPSA) is 43.4 Å². The lowest BCUT2D eigenvalue weighted by molar-refractivity contribution is -0.143. The third-order valence-electron chi connectivity index (χ3n) is 2.92. The van der Waals surface area contributed by atoms with Gasteiger partial charge in [0, 0.05) is 6.42 Å². The molecule has 16 heavy (non-hydrogen) atoms. The fourth-order valence-corrected chi connectivity index (χ4v) is 1.97. The second-order valence-electron chi connectivity index (χ2n) is 4.25. The smallest absolute Gasteiger partial charge is 0.313 e. The summed E-state index contributed by atoms with van der Waals surface area (Å²) in [6, 6.07) is 0. The maximum Gasteiger partial charge on any atom is 0.313 e. The number of methoxy groups -OCH3 is 1.